The highest BCUT2D eigenvalue weighted by molar-refractivity contribution is 14.2. The summed E-state index contributed by atoms with van der Waals surface area (Å²) in [5.41, 5.74) is 14.5. The smallest absolute Gasteiger partial charge is 0.174 e. The van der Waals surface area contributed by atoms with Gasteiger partial charge in [-0.15, -0.1) is 0 Å². The van der Waals surface area contributed by atoms with E-state index in [0.717, 1.165) is 92.2 Å². The molecule has 1 aliphatic rings. The maximum Gasteiger partial charge on any atom is 0.174 e. The number of furan rings is 2. The van der Waals surface area contributed by atoms with E-state index in [0.29, 0.717) is 0 Å². The van der Waals surface area contributed by atoms with Gasteiger partial charge in [-0.3, -0.25) is 0 Å². The zero-order valence-corrected chi connectivity index (χ0v) is 32.9. The van der Waals surface area contributed by atoms with Gasteiger partial charge < -0.3 is 8.83 Å². The Kier molecular flexibility index (Phi) is 8.07. The van der Waals surface area contributed by atoms with Crippen LogP contribution in [0.25, 0.3) is 83.0 Å². The molecule has 11 rings (SSSR count). The van der Waals surface area contributed by atoms with E-state index in [-0.39, 0.29) is 0 Å². The van der Waals surface area contributed by atoms with Crippen LogP contribution in [0.5, 0.6) is 0 Å². The van der Waals surface area contributed by atoms with Crippen LogP contribution in [0, 0.1) is 0 Å². The molecule has 4 heterocycles. The van der Waals surface area contributed by atoms with Crippen LogP contribution in [0.4, 0.5) is 0 Å². The van der Waals surface area contributed by atoms with Gasteiger partial charge in [-0.25, -0.2) is 9.98 Å². The standard InChI is InChI=1S/C52H33IN2O2/c1-53-45(43-28-27-40(51-50(43)44-14-6-8-16-48(44)57-51)38-25-26-42-41-13-5-7-15-47(41)56-49(42)30-38)31-46(36-10-3-2-4-11-36)55-52(53)37-23-21-34(22-24-37)33-17-19-35(20-18-33)39-12-9-29-54-32-39/h2-32H,1H2/p+1. The first-order valence-corrected chi connectivity index (χ1v) is 22.6. The lowest BCUT2D eigenvalue weighted by Crippen LogP contribution is -2.07. The van der Waals surface area contributed by atoms with E-state index < -0.39 is 18.9 Å². The van der Waals surface area contributed by atoms with E-state index in [2.05, 4.69) is 151 Å². The van der Waals surface area contributed by atoms with Crippen LogP contribution in [-0.4, -0.2) is 11.7 Å². The molecular weight excluding hydrogens is 811 g/mol. The number of nitrogens with one attached hydrogen (secondary N) is 1. The van der Waals surface area contributed by atoms with Crippen molar-refractivity contribution in [1.29, 1.82) is 0 Å². The van der Waals surface area contributed by atoms with Gasteiger partial charge in [0.2, 0.25) is 0 Å². The minimum Gasteiger partial charge on any atom is -0.456 e. The summed E-state index contributed by atoms with van der Waals surface area (Å²) in [6.07, 6.45) is 6.24. The number of rotatable bonds is 6. The van der Waals surface area contributed by atoms with Crippen molar-refractivity contribution < 1.29 is 13.8 Å². The zero-order valence-electron chi connectivity index (χ0n) is 30.7. The number of nitrogens with zero attached hydrogens (tertiary/aromatic N) is 1. The van der Waals surface area contributed by atoms with Crippen molar-refractivity contribution in [1.82, 2.24) is 0 Å². The highest BCUT2D eigenvalue weighted by Gasteiger charge is 2.22. The molecule has 270 valence electrons. The van der Waals surface area contributed by atoms with Gasteiger partial charge in [0, 0.05) is 53.4 Å². The summed E-state index contributed by atoms with van der Waals surface area (Å²) in [6, 6.07) is 59.7. The van der Waals surface area contributed by atoms with Crippen molar-refractivity contribution in [2.24, 2.45) is 4.99 Å². The lowest BCUT2D eigenvalue weighted by atomic mass is 9.96. The fraction of sp³-hybridized carbons (Fsp3) is 0. The van der Waals surface area contributed by atoms with Gasteiger partial charge in [0.1, 0.15) is 22.3 Å². The fourth-order valence-electron chi connectivity index (χ4n) is 8.00. The Morgan fingerprint density at radius 1 is 0.474 bits per heavy atom. The number of aliphatic imine (C=N–C) groups is 1. The van der Waals surface area contributed by atoms with Crippen LogP contribution in [0.15, 0.2) is 202 Å². The third-order valence-electron chi connectivity index (χ3n) is 10.9. The van der Waals surface area contributed by atoms with E-state index >= 15 is 0 Å². The topological polar surface area (TPSA) is 52.8 Å². The Morgan fingerprint density at radius 2 is 1.07 bits per heavy atom. The molecule has 10 aromatic rings. The minimum atomic E-state index is -2.33. The molecule has 0 fully saturated rings. The number of pyridine rings is 1. The number of hydrogen-bond acceptors (Lipinski definition) is 3. The highest BCUT2D eigenvalue weighted by Crippen LogP contribution is 2.43. The summed E-state index contributed by atoms with van der Waals surface area (Å²) in [7, 11) is 0. The van der Waals surface area contributed by atoms with E-state index in [1.54, 1.807) is 0 Å². The number of halogens is 1. The molecule has 1 aliphatic heterocycles. The predicted octanol–water partition coefficient (Wildman–Crippen LogP) is 13.3. The number of fused-ring (bicyclic) bond motifs is 6. The SMILES string of the molecule is C=I1=C(c2ccc(-c3ccc4c(c3)oc3ccccc34)c3oc4ccccc4c23)C=C(c2ccccc2)N=C1c1ccc(-c2ccc(-c3ccc[nH+]c3)cc2)cc1. The van der Waals surface area contributed by atoms with Crippen LogP contribution >= 0.6 is 18.9 Å². The quantitative estimate of drug-likeness (QED) is 0.157. The number of aromatic amines is 1. The second-order valence-corrected chi connectivity index (χ2v) is 18.5. The molecule has 4 nitrogen and oxygen atoms in total. The van der Waals surface area contributed by atoms with E-state index in [4.69, 9.17) is 18.3 Å². The average Bonchev–Trinajstić information content (AvgIpc) is 3.86. The number of para-hydroxylation sites is 2. The Morgan fingerprint density at radius 3 is 1.81 bits per heavy atom. The van der Waals surface area contributed by atoms with Crippen molar-refractivity contribution in [2.45, 2.75) is 0 Å². The van der Waals surface area contributed by atoms with Crippen LogP contribution in [-0.2, 0) is 0 Å². The molecule has 1 N–H and O–H groups in total. The molecule has 0 bridgehead atoms. The number of H-pyrrole nitrogens is 1. The molecule has 5 heteroatoms. The molecule has 57 heavy (non-hydrogen) atoms. The predicted molar refractivity (Wildman–Crippen MR) is 247 cm³/mol. The summed E-state index contributed by atoms with van der Waals surface area (Å²) in [6.45, 7) is 0. The van der Waals surface area contributed by atoms with Crippen molar-refractivity contribution >= 4 is 80.2 Å². The van der Waals surface area contributed by atoms with Gasteiger partial charge in [0.05, 0.1) is 9.42 Å². The van der Waals surface area contributed by atoms with Gasteiger partial charge >= 0.3 is 0 Å². The summed E-state index contributed by atoms with van der Waals surface area (Å²) in [5.74, 6) is 0. The summed E-state index contributed by atoms with van der Waals surface area (Å²) < 4.78 is 20.4. The summed E-state index contributed by atoms with van der Waals surface area (Å²) in [5, 5.41) is 4.42. The van der Waals surface area contributed by atoms with Gasteiger partial charge in [-0.05, 0) is 70.3 Å². The maximum absolute atomic E-state index is 6.79. The lowest BCUT2D eigenvalue weighted by Gasteiger charge is -2.18. The highest BCUT2D eigenvalue weighted by atomic mass is 127. The second kappa shape index (κ2) is 13.7. The molecule has 0 atom stereocenters. The third kappa shape index (κ3) is 5.81. The Hall–Kier alpha value is -6.83. The van der Waals surface area contributed by atoms with Gasteiger partial charge in [-0.2, -0.15) is 0 Å². The van der Waals surface area contributed by atoms with Gasteiger partial charge in [0.15, 0.2) is 12.4 Å². The molecular formula is C52H34IN2O2+. The first kappa shape index (κ1) is 33.5. The number of hydrogen-bond donors (Lipinski definition) is 0. The molecule has 0 amide bonds. The third-order valence-corrected chi connectivity index (χ3v) is 15.3. The summed E-state index contributed by atoms with van der Waals surface area (Å²) >= 11 is -2.33. The average molecular weight is 846 g/mol. The van der Waals surface area contributed by atoms with Crippen LogP contribution in [0.1, 0.15) is 16.7 Å². The van der Waals surface area contributed by atoms with Crippen LogP contribution < -0.4 is 4.98 Å². The molecule has 0 spiro atoms. The summed E-state index contributed by atoms with van der Waals surface area (Å²) in [4.78, 5) is 8.58. The fourth-order valence-corrected chi connectivity index (χ4v) is 12.0. The Labute approximate surface area is 335 Å². The maximum atomic E-state index is 6.79. The molecule has 0 saturated heterocycles. The van der Waals surface area contributed by atoms with E-state index in [1.165, 1.54) is 14.6 Å². The molecule has 0 radical (unpaired) electrons. The van der Waals surface area contributed by atoms with Crippen molar-refractivity contribution in [3.05, 3.63) is 205 Å². The van der Waals surface area contributed by atoms with Crippen molar-refractivity contribution in [3.8, 4) is 33.4 Å². The van der Waals surface area contributed by atoms with E-state index in [1.807, 2.05) is 42.7 Å². The molecule has 7 aromatic carbocycles. The Balaban J connectivity index is 1.05. The normalized spacial score (nSPS) is 13.4. The van der Waals surface area contributed by atoms with Crippen LogP contribution in [0.2, 0.25) is 0 Å². The van der Waals surface area contributed by atoms with Crippen LogP contribution in [0.3, 0.4) is 0 Å². The molecule has 3 aromatic heterocycles. The number of allylic oxidation sites excluding steroid dienone is 1. The van der Waals surface area contributed by atoms with Crippen molar-refractivity contribution in [3.63, 3.8) is 0 Å². The monoisotopic (exact) mass is 845 g/mol. The van der Waals surface area contributed by atoms with Gasteiger partial charge in [-0.1, -0.05) is 151 Å². The largest absolute Gasteiger partial charge is 0.456 e. The zero-order chi connectivity index (χ0) is 37.9. The lowest BCUT2D eigenvalue weighted by molar-refractivity contribution is -0.377. The number of aromatic nitrogens is 1. The van der Waals surface area contributed by atoms with Crippen molar-refractivity contribution in [2.75, 3.05) is 0 Å². The Bertz CT molecular complexity index is 3330. The van der Waals surface area contributed by atoms with E-state index in [9.17, 15) is 0 Å². The molecule has 0 unspecified atom stereocenters. The first-order chi connectivity index (χ1) is 28.2. The number of benzene rings is 7. The molecule has 0 aliphatic carbocycles. The second-order valence-electron chi connectivity index (χ2n) is 14.2. The minimum absolute atomic E-state index is 0.860. The molecule has 0 saturated carbocycles. The first-order valence-electron chi connectivity index (χ1n) is 18.9. The van der Waals surface area contributed by atoms with Gasteiger partial charge in [0.25, 0.3) is 0 Å².